The number of rotatable bonds is 4. The SMILES string of the molecule is CC(C)(C)OC(=O)Nc1ccc([C@]2(C)O[C@H]3CO[C@@H]4N3[C@H]2O[C@@]4(C)c2ccc(NC(=O)OC(C)(C)C)cc2)cc1. The van der Waals surface area contributed by atoms with Crippen molar-refractivity contribution < 1.29 is 33.3 Å². The first-order chi connectivity index (χ1) is 18.6. The maximum atomic E-state index is 12.2. The Bertz CT molecular complexity index is 1190. The third kappa shape index (κ3) is 5.41. The van der Waals surface area contributed by atoms with Crippen molar-refractivity contribution >= 4 is 23.6 Å². The highest BCUT2D eigenvalue weighted by atomic mass is 16.7. The molecule has 3 heterocycles. The number of benzene rings is 2. The van der Waals surface area contributed by atoms with Gasteiger partial charge in [0.25, 0.3) is 0 Å². The van der Waals surface area contributed by atoms with Crippen molar-refractivity contribution in [1.29, 1.82) is 0 Å². The lowest BCUT2D eigenvalue weighted by Crippen LogP contribution is -2.40. The molecule has 2 N–H and O–H groups in total. The van der Waals surface area contributed by atoms with Crippen LogP contribution in [0.1, 0.15) is 66.5 Å². The van der Waals surface area contributed by atoms with E-state index >= 15 is 0 Å². The number of amides is 2. The zero-order valence-corrected chi connectivity index (χ0v) is 24.4. The molecule has 3 fully saturated rings. The molecule has 2 aromatic rings. The van der Waals surface area contributed by atoms with Gasteiger partial charge in [-0.2, -0.15) is 0 Å². The van der Waals surface area contributed by atoms with E-state index in [1.54, 1.807) is 0 Å². The van der Waals surface area contributed by atoms with Crippen LogP contribution in [0.3, 0.4) is 0 Å². The Kier molecular flexibility index (Phi) is 6.89. The molecule has 0 aromatic heterocycles. The molecule has 3 aliphatic rings. The highest BCUT2D eigenvalue weighted by Gasteiger charge is 2.68. The maximum Gasteiger partial charge on any atom is 0.412 e. The van der Waals surface area contributed by atoms with Crippen LogP contribution in [-0.2, 0) is 34.9 Å². The normalized spacial score (nSPS) is 29.6. The lowest BCUT2D eigenvalue weighted by atomic mass is 9.93. The van der Waals surface area contributed by atoms with Crippen molar-refractivity contribution in [2.45, 2.75) is 96.5 Å². The predicted molar refractivity (Wildman–Crippen MR) is 149 cm³/mol. The largest absolute Gasteiger partial charge is 0.444 e. The van der Waals surface area contributed by atoms with Crippen molar-refractivity contribution in [3.05, 3.63) is 59.7 Å². The second-order valence-electron chi connectivity index (χ2n) is 12.8. The lowest BCUT2D eigenvalue weighted by Gasteiger charge is -2.33. The standard InChI is InChI=1S/C30H39N3O7/c1-27(2,3)39-25(34)31-20-13-9-18(10-14-20)29(7)23-33-22(17-36-23)37-30(8,24(33)38-29)19-11-15-21(16-12-19)32-26(35)40-28(4,5)6/h9-16,22-24H,17H2,1-8H3,(H,31,34)(H,32,35)/t22-,23-,24-,29-,30-/m0/s1. The minimum Gasteiger partial charge on any atom is -0.444 e. The molecule has 0 spiro atoms. The van der Waals surface area contributed by atoms with E-state index in [2.05, 4.69) is 15.5 Å². The quantitative estimate of drug-likeness (QED) is 0.483. The number of anilines is 2. The first-order valence-corrected chi connectivity index (χ1v) is 13.5. The van der Waals surface area contributed by atoms with Crippen molar-refractivity contribution in [2.24, 2.45) is 0 Å². The summed E-state index contributed by atoms with van der Waals surface area (Å²) in [6, 6.07) is 15.0. The third-order valence-corrected chi connectivity index (χ3v) is 7.16. The van der Waals surface area contributed by atoms with Gasteiger partial charge >= 0.3 is 12.2 Å². The summed E-state index contributed by atoms with van der Waals surface area (Å²) in [5.41, 5.74) is 0.378. The number of carbonyl (C=O) groups excluding carboxylic acids is 2. The van der Waals surface area contributed by atoms with Gasteiger partial charge in [0.15, 0.2) is 0 Å². The fourth-order valence-corrected chi connectivity index (χ4v) is 5.43. The summed E-state index contributed by atoms with van der Waals surface area (Å²) in [5.74, 6) is 0. The summed E-state index contributed by atoms with van der Waals surface area (Å²) >= 11 is 0. The Morgan fingerprint density at radius 2 is 1.18 bits per heavy atom. The zero-order valence-electron chi connectivity index (χ0n) is 24.4. The molecule has 216 valence electrons. The molecule has 5 rings (SSSR count). The number of ether oxygens (including phenoxy) is 5. The Hall–Kier alpha value is -3.18. The molecule has 3 aliphatic heterocycles. The first kappa shape index (κ1) is 28.4. The van der Waals surface area contributed by atoms with Gasteiger partial charge in [0, 0.05) is 11.4 Å². The zero-order chi connectivity index (χ0) is 29.1. The Morgan fingerprint density at radius 3 is 1.60 bits per heavy atom. The number of nitrogens with zero attached hydrogens (tertiary/aromatic N) is 1. The molecule has 10 nitrogen and oxygen atoms in total. The summed E-state index contributed by atoms with van der Waals surface area (Å²) in [6.07, 6.45) is -2.02. The second-order valence-corrected chi connectivity index (χ2v) is 12.8. The topological polar surface area (TPSA) is 108 Å². The smallest absolute Gasteiger partial charge is 0.412 e. The molecule has 3 saturated heterocycles. The van der Waals surface area contributed by atoms with Crippen LogP contribution in [0, 0.1) is 0 Å². The predicted octanol–water partition coefficient (Wildman–Crippen LogP) is 5.88. The van der Waals surface area contributed by atoms with E-state index in [0.717, 1.165) is 11.1 Å². The molecule has 10 heteroatoms. The monoisotopic (exact) mass is 553 g/mol. The van der Waals surface area contributed by atoms with Gasteiger partial charge in [-0.25, -0.2) is 14.5 Å². The summed E-state index contributed by atoms with van der Waals surface area (Å²) in [5, 5.41) is 5.53. The fraction of sp³-hybridized carbons (Fsp3) is 0.533. The molecule has 0 radical (unpaired) electrons. The van der Waals surface area contributed by atoms with Gasteiger partial charge in [-0.15, -0.1) is 0 Å². The van der Waals surface area contributed by atoms with Crippen LogP contribution in [0.25, 0.3) is 0 Å². The molecular formula is C30H39N3O7. The van der Waals surface area contributed by atoms with Crippen molar-refractivity contribution in [3.8, 4) is 0 Å². The second kappa shape index (κ2) is 9.73. The van der Waals surface area contributed by atoms with Crippen LogP contribution in [0.5, 0.6) is 0 Å². The van der Waals surface area contributed by atoms with Gasteiger partial charge in [0.1, 0.15) is 41.1 Å². The first-order valence-electron chi connectivity index (χ1n) is 13.5. The average molecular weight is 554 g/mol. The maximum absolute atomic E-state index is 12.2. The van der Waals surface area contributed by atoms with Crippen LogP contribution >= 0.6 is 0 Å². The van der Waals surface area contributed by atoms with E-state index in [1.165, 1.54) is 0 Å². The highest BCUT2D eigenvalue weighted by molar-refractivity contribution is 5.85. The molecule has 0 unspecified atom stereocenters. The summed E-state index contributed by atoms with van der Waals surface area (Å²) in [7, 11) is 0. The number of hydrogen-bond acceptors (Lipinski definition) is 8. The van der Waals surface area contributed by atoms with E-state index in [1.807, 2.05) is 104 Å². The Labute approximate surface area is 235 Å². The summed E-state index contributed by atoms with van der Waals surface area (Å²) in [6.45, 7) is 15.4. The van der Waals surface area contributed by atoms with Crippen molar-refractivity contribution in [3.63, 3.8) is 0 Å². The highest BCUT2D eigenvalue weighted by Crippen LogP contribution is 2.55. The van der Waals surface area contributed by atoms with Crippen LogP contribution in [0.4, 0.5) is 21.0 Å². The Morgan fingerprint density at radius 1 is 0.750 bits per heavy atom. The van der Waals surface area contributed by atoms with E-state index in [0.29, 0.717) is 18.0 Å². The van der Waals surface area contributed by atoms with E-state index < -0.39 is 40.8 Å². The molecule has 0 aliphatic carbocycles. The average Bonchev–Trinajstić information content (AvgIpc) is 3.46. The molecule has 0 saturated carbocycles. The van der Waals surface area contributed by atoms with Crippen molar-refractivity contribution in [1.82, 2.24) is 4.90 Å². The fourth-order valence-electron chi connectivity index (χ4n) is 5.43. The number of hydrogen-bond donors (Lipinski definition) is 2. The number of carbonyl (C=O) groups is 2. The van der Waals surface area contributed by atoms with Crippen LogP contribution in [-0.4, -0.2) is 53.6 Å². The van der Waals surface area contributed by atoms with Crippen LogP contribution in [0.15, 0.2) is 48.5 Å². The van der Waals surface area contributed by atoms with Crippen LogP contribution in [0.2, 0.25) is 0 Å². The van der Waals surface area contributed by atoms with Gasteiger partial charge in [-0.1, -0.05) is 24.3 Å². The lowest BCUT2D eigenvalue weighted by molar-refractivity contribution is -0.138. The van der Waals surface area contributed by atoms with Gasteiger partial charge < -0.3 is 23.7 Å². The summed E-state index contributed by atoms with van der Waals surface area (Å²) in [4.78, 5) is 26.5. The molecule has 5 atom stereocenters. The molecule has 2 aromatic carbocycles. The van der Waals surface area contributed by atoms with Crippen molar-refractivity contribution in [2.75, 3.05) is 17.2 Å². The molecular weight excluding hydrogens is 514 g/mol. The summed E-state index contributed by atoms with van der Waals surface area (Å²) < 4.78 is 30.2. The molecule has 2 amide bonds. The Balaban J connectivity index is 1.32. The van der Waals surface area contributed by atoms with Gasteiger partial charge in [-0.3, -0.25) is 10.6 Å². The van der Waals surface area contributed by atoms with E-state index in [-0.39, 0.29) is 12.5 Å². The van der Waals surface area contributed by atoms with Gasteiger partial charge in [0.2, 0.25) is 0 Å². The van der Waals surface area contributed by atoms with E-state index in [4.69, 9.17) is 23.7 Å². The van der Waals surface area contributed by atoms with Gasteiger partial charge in [0.05, 0.1) is 6.61 Å². The number of nitrogens with one attached hydrogen (secondary N) is 2. The minimum absolute atomic E-state index is 0.255. The van der Waals surface area contributed by atoms with Gasteiger partial charge in [-0.05, 0) is 90.8 Å². The third-order valence-electron chi connectivity index (χ3n) is 7.16. The van der Waals surface area contributed by atoms with E-state index in [9.17, 15) is 9.59 Å². The molecule has 0 bridgehead atoms. The minimum atomic E-state index is -0.771. The molecule has 40 heavy (non-hydrogen) atoms. The van der Waals surface area contributed by atoms with Crippen LogP contribution < -0.4 is 10.6 Å².